The standard InChI is InChI=1S/C18H19NO3S2/c1-21-16-8-13-14(9-17(16)22-2)19-18(24-10-15(13)20)11-4-6-12(23-3)7-5-11/h4-9,18-19H,10H2,1-3H3. The number of methoxy groups -OCH3 is 2. The number of nitrogens with one attached hydrogen (secondary N) is 1. The average molecular weight is 361 g/mol. The Balaban J connectivity index is 1.97. The molecular weight excluding hydrogens is 342 g/mol. The number of fused-ring (bicyclic) bond motifs is 1. The summed E-state index contributed by atoms with van der Waals surface area (Å²) >= 11 is 3.31. The minimum atomic E-state index is 0.0178. The van der Waals surface area contributed by atoms with Crippen molar-refractivity contribution in [3.8, 4) is 11.5 Å². The zero-order valence-electron chi connectivity index (χ0n) is 13.8. The van der Waals surface area contributed by atoms with Crippen molar-refractivity contribution < 1.29 is 14.3 Å². The zero-order valence-corrected chi connectivity index (χ0v) is 15.4. The van der Waals surface area contributed by atoms with Crippen LogP contribution in [0.4, 0.5) is 5.69 Å². The normalized spacial score (nSPS) is 16.8. The number of benzene rings is 2. The van der Waals surface area contributed by atoms with Crippen molar-refractivity contribution in [2.24, 2.45) is 0 Å². The van der Waals surface area contributed by atoms with Crippen molar-refractivity contribution >= 4 is 35.0 Å². The number of carbonyl (C=O) groups excluding carboxylic acids is 1. The molecule has 4 nitrogen and oxygen atoms in total. The Hall–Kier alpha value is -1.79. The maximum Gasteiger partial charge on any atom is 0.175 e. The first-order valence-electron chi connectivity index (χ1n) is 7.47. The first-order valence-corrected chi connectivity index (χ1v) is 9.75. The van der Waals surface area contributed by atoms with E-state index in [1.165, 1.54) is 4.90 Å². The summed E-state index contributed by atoms with van der Waals surface area (Å²) in [6, 6.07) is 12.0. The van der Waals surface area contributed by atoms with E-state index in [-0.39, 0.29) is 11.2 Å². The minimum absolute atomic E-state index is 0.0178. The topological polar surface area (TPSA) is 47.6 Å². The van der Waals surface area contributed by atoms with Crippen LogP contribution in [0.1, 0.15) is 21.3 Å². The van der Waals surface area contributed by atoms with Gasteiger partial charge in [0.05, 0.1) is 31.0 Å². The van der Waals surface area contributed by atoms with Crippen LogP contribution in [0.25, 0.3) is 0 Å². The summed E-state index contributed by atoms with van der Waals surface area (Å²) in [6.07, 6.45) is 2.06. The third-order valence-electron chi connectivity index (χ3n) is 3.91. The van der Waals surface area contributed by atoms with E-state index >= 15 is 0 Å². The molecule has 0 aliphatic carbocycles. The summed E-state index contributed by atoms with van der Waals surface area (Å²) in [7, 11) is 3.17. The highest BCUT2D eigenvalue weighted by atomic mass is 32.2. The molecule has 0 spiro atoms. The Morgan fingerprint density at radius 1 is 1.12 bits per heavy atom. The molecule has 1 N–H and O–H groups in total. The van der Waals surface area contributed by atoms with Gasteiger partial charge in [-0.2, -0.15) is 0 Å². The van der Waals surface area contributed by atoms with E-state index in [1.54, 1.807) is 43.8 Å². The highest BCUT2D eigenvalue weighted by Crippen LogP contribution is 2.40. The van der Waals surface area contributed by atoms with Crippen molar-refractivity contribution in [2.75, 3.05) is 31.5 Å². The van der Waals surface area contributed by atoms with E-state index < -0.39 is 0 Å². The van der Waals surface area contributed by atoms with E-state index in [0.29, 0.717) is 22.8 Å². The first kappa shape index (κ1) is 17.0. The monoisotopic (exact) mass is 361 g/mol. The molecule has 126 valence electrons. The van der Waals surface area contributed by atoms with Gasteiger partial charge in [-0.1, -0.05) is 12.1 Å². The Morgan fingerprint density at radius 3 is 2.42 bits per heavy atom. The van der Waals surface area contributed by atoms with Gasteiger partial charge in [0.15, 0.2) is 17.3 Å². The van der Waals surface area contributed by atoms with Gasteiger partial charge in [0.2, 0.25) is 0 Å². The minimum Gasteiger partial charge on any atom is -0.493 e. The molecule has 24 heavy (non-hydrogen) atoms. The quantitative estimate of drug-likeness (QED) is 0.811. The molecule has 0 fully saturated rings. The van der Waals surface area contributed by atoms with Gasteiger partial charge in [0, 0.05) is 16.5 Å². The molecule has 0 bridgehead atoms. The fourth-order valence-electron chi connectivity index (χ4n) is 2.61. The van der Waals surface area contributed by atoms with Crippen molar-refractivity contribution in [1.82, 2.24) is 0 Å². The Kier molecular flexibility index (Phi) is 5.26. The fraction of sp³-hybridized carbons (Fsp3) is 0.278. The van der Waals surface area contributed by atoms with Gasteiger partial charge in [-0.3, -0.25) is 4.79 Å². The molecule has 1 atom stereocenters. The van der Waals surface area contributed by atoms with Crippen LogP contribution in [0.5, 0.6) is 11.5 Å². The van der Waals surface area contributed by atoms with Crippen LogP contribution in [0.3, 0.4) is 0 Å². The molecule has 2 aromatic carbocycles. The number of carbonyl (C=O) groups is 1. The third kappa shape index (κ3) is 3.35. The van der Waals surface area contributed by atoms with Gasteiger partial charge in [-0.05, 0) is 30.0 Å². The molecule has 1 heterocycles. The molecule has 0 saturated carbocycles. The number of Topliss-reactive ketones (excluding diaryl/α,β-unsaturated/α-hetero) is 1. The average Bonchev–Trinajstić information content (AvgIpc) is 2.79. The molecular formula is C18H19NO3S2. The maximum atomic E-state index is 12.5. The highest BCUT2D eigenvalue weighted by molar-refractivity contribution is 8.00. The Bertz CT molecular complexity index is 747. The van der Waals surface area contributed by atoms with Gasteiger partial charge in [0.1, 0.15) is 0 Å². The zero-order chi connectivity index (χ0) is 17.1. The van der Waals surface area contributed by atoms with E-state index in [1.807, 2.05) is 6.07 Å². The van der Waals surface area contributed by atoms with Gasteiger partial charge in [0.25, 0.3) is 0 Å². The molecule has 3 rings (SSSR count). The lowest BCUT2D eigenvalue weighted by Gasteiger charge is -2.19. The van der Waals surface area contributed by atoms with Crippen LogP contribution in [0.15, 0.2) is 41.3 Å². The van der Waals surface area contributed by atoms with Gasteiger partial charge in [-0.25, -0.2) is 0 Å². The second kappa shape index (κ2) is 7.40. The predicted octanol–water partition coefficient (Wildman–Crippen LogP) is 4.47. The van der Waals surface area contributed by atoms with Crippen LogP contribution >= 0.6 is 23.5 Å². The lowest BCUT2D eigenvalue weighted by Crippen LogP contribution is -2.07. The van der Waals surface area contributed by atoms with Gasteiger partial charge in [-0.15, -0.1) is 23.5 Å². The Labute approximate surface area is 150 Å². The highest BCUT2D eigenvalue weighted by Gasteiger charge is 2.25. The molecule has 0 saturated heterocycles. The SMILES string of the molecule is COc1cc2c(cc1OC)C(=O)CSC(c1ccc(SC)cc1)N2. The van der Waals surface area contributed by atoms with Crippen molar-refractivity contribution in [1.29, 1.82) is 0 Å². The largest absolute Gasteiger partial charge is 0.493 e. The second-order valence-electron chi connectivity index (χ2n) is 5.28. The lowest BCUT2D eigenvalue weighted by atomic mass is 10.1. The van der Waals surface area contributed by atoms with E-state index in [0.717, 1.165) is 11.3 Å². The number of ketones is 1. The fourth-order valence-corrected chi connectivity index (χ4v) is 4.05. The van der Waals surface area contributed by atoms with Gasteiger partial charge < -0.3 is 14.8 Å². The Morgan fingerprint density at radius 2 is 1.79 bits per heavy atom. The summed E-state index contributed by atoms with van der Waals surface area (Å²) in [4.78, 5) is 13.7. The molecule has 1 unspecified atom stereocenters. The predicted molar refractivity (Wildman–Crippen MR) is 101 cm³/mol. The molecule has 0 radical (unpaired) electrons. The smallest absolute Gasteiger partial charge is 0.175 e. The number of hydrogen-bond acceptors (Lipinski definition) is 6. The van der Waals surface area contributed by atoms with E-state index in [2.05, 4.69) is 35.8 Å². The molecule has 1 aliphatic rings. The molecule has 0 amide bonds. The van der Waals surface area contributed by atoms with Crippen LogP contribution in [0, 0.1) is 0 Å². The molecule has 2 aromatic rings. The summed E-state index contributed by atoms with van der Waals surface area (Å²) in [5.74, 6) is 1.69. The summed E-state index contributed by atoms with van der Waals surface area (Å²) in [5.41, 5.74) is 2.57. The summed E-state index contributed by atoms with van der Waals surface area (Å²) in [6.45, 7) is 0. The van der Waals surface area contributed by atoms with Crippen LogP contribution in [-0.2, 0) is 0 Å². The number of rotatable bonds is 4. The lowest BCUT2D eigenvalue weighted by molar-refractivity contribution is 0.102. The van der Waals surface area contributed by atoms with Crippen LogP contribution < -0.4 is 14.8 Å². The van der Waals surface area contributed by atoms with Crippen molar-refractivity contribution in [2.45, 2.75) is 10.3 Å². The van der Waals surface area contributed by atoms with Crippen molar-refractivity contribution in [3.63, 3.8) is 0 Å². The number of anilines is 1. The van der Waals surface area contributed by atoms with E-state index in [9.17, 15) is 4.79 Å². The second-order valence-corrected chi connectivity index (χ2v) is 7.26. The van der Waals surface area contributed by atoms with E-state index in [4.69, 9.17) is 9.47 Å². The summed E-state index contributed by atoms with van der Waals surface area (Å²) < 4.78 is 10.7. The van der Waals surface area contributed by atoms with Crippen LogP contribution in [0.2, 0.25) is 0 Å². The first-order chi connectivity index (χ1) is 11.7. The number of thioether (sulfide) groups is 2. The maximum absolute atomic E-state index is 12.5. The van der Waals surface area contributed by atoms with Crippen molar-refractivity contribution in [3.05, 3.63) is 47.5 Å². The molecule has 1 aliphatic heterocycles. The van der Waals surface area contributed by atoms with Gasteiger partial charge >= 0.3 is 0 Å². The third-order valence-corrected chi connectivity index (χ3v) is 5.81. The molecule has 6 heteroatoms. The number of ether oxygens (including phenoxy) is 2. The summed E-state index contributed by atoms with van der Waals surface area (Å²) in [5, 5.41) is 3.49. The molecule has 0 aromatic heterocycles. The number of hydrogen-bond donors (Lipinski definition) is 1. The van der Waals surface area contributed by atoms with Crippen LogP contribution in [-0.4, -0.2) is 32.0 Å².